The number of hydrogen-bond donors (Lipinski definition) is 2. The first-order valence-electron chi connectivity index (χ1n) is 5.39. The summed E-state index contributed by atoms with van der Waals surface area (Å²) in [6.45, 7) is 0.153. The van der Waals surface area contributed by atoms with E-state index in [1.165, 1.54) is 6.26 Å². The molecule has 3 nitrogen and oxygen atoms in total. The first-order chi connectivity index (χ1) is 9.49. The Morgan fingerprint density at radius 1 is 1.15 bits per heavy atom. The van der Waals surface area contributed by atoms with Gasteiger partial charge in [-0.25, -0.2) is 17.6 Å². The molecule has 1 heterocycles. The van der Waals surface area contributed by atoms with Gasteiger partial charge in [-0.1, -0.05) is 0 Å². The Labute approximate surface area is 116 Å². The van der Waals surface area contributed by atoms with Crippen molar-refractivity contribution < 1.29 is 22.0 Å². The summed E-state index contributed by atoms with van der Waals surface area (Å²) in [5.41, 5.74) is -0.987. The summed E-state index contributed by atoms with van der Waals surface area (Å²) in [7, 11) is 0. The number of anilines is 1. The lowest BCUT2D eigenvalue weighted by Gasteiger charge is -2.11. The van der Waals surface area contributed by atoms with Crippen LogP contribution in [0.15, 0.2) is 28.9 Å². The van der Waals surface area contributed by atoms with Gasteiger partial charge < -0.3 is 15.1 Å². The van der Waals surface area contributed by atoms with E-state index in [9.17, 15) is 17.6 Å². The molecule has 0 aliphatic rings. The molecule has 0 aliphatic carbocycles. The highest BCUT2D eigenvalue weighted by Crippen LogP contribution is 2.23. The third-order valence-electron chi connectivity index (χ3n) is 2.35. The van der Waals surface area contributed by atoms with Crippen molar-refractivity contribution in [3.8, 4) is 0 Å². The number of furan rings is 1. The van der Waals surface area contributed by atoms with Crippen LogP contribution < -0.4 is 10.6 Å². The predicted octanol–water partition coefficient (Wildman–Crippen LogP) is 3.32. The van der Waals surface area contributed by atoms with Crippen LogP contribution >= 0.6 is 12.2 Å². The van der Waals surface area contributed by atoms with Gasteiger partial charge in [0.25, 0.3) is 0 Å². The minimum Gasteiger partial charge on any atom is -0.467 e. The van der Waals surface area contributed by atoms with Crippen molar-refractivity contribution in [3.05, 3.63) is 53.5 Å². The van der Waals surface area contributed by atoms with Gasteiger partial charge >= 0.3 is 0 Å². The molecule has 20 heavy (non-hydrogen) atoms. The Hall–Kier alpha value is -2.09. The maximum Gasteiger partial charge on any atom is 0.185 e. The van der Waals surface area contributed by atoms with Crippen LogP contribution in [0.5, 0.6) is 0 Å². The fourth-order valence-electron chi connectivity index (χ4n) is 1.42. The minimum atomic E-state index is -1.55. The molecule has 2 aromatic rings. The lowest BCUT2D eigenvalue weighted by atomic mass is 10.2. The minimum absolute atomic E-state index is 0.120. The number of hydrogen-bond acceptors (Lipinski definition) is 2. The van der Waals surface area contributed by atoms with Crippen molar-refractivity contribution in [1.29, 1.82) is 0 Å². The molecule has 0 spiro atoms. The summed E-state index contributed by atoms with van der Waals surface area (Å²) < 4.78 is 57.7. The van der Waals surface area contributed by atoms with E-state index in [0.29, 0.717) is 5.76 Å². The highest BCUT2D eigenvalue weighted by Gasteiger charge is 2.19. The number of rotatable bonds is 3. The number of halogens is 4. The molecule has 1 aromatic carbocycles. The number of nitrogens with one attached hydrogen (secondary N) is 2. The van der Waals surface area contributed by atoms with E-state index >= 15 is 0 Å². The fraction of sp³-hybridized carbons (Fsp3) is 0.0833. The molecule has 106 valence electrons. The topological polar surface area (TPSA) is 37.2 Å². The van der Waals surface area contributed by atoms with Crippen molar-refractivity contribution in [2.75, 3.05) is 5.32 Å². The molecule has 0 amide bonds. The van der Waals surface area contributed by atoms with Gasteiger partial charge in [0, 0.05) is 6.07 Å². The molecule has 0 saturated carbocycles. The summed E-state index contributed by atoms with van der Waals surface area (Å²) >= 11 is 4.77. The summed E-state index contributed by atoms with van der Waals surface area (Å²) in [4.78, 5) is 0. The smallest absolute Gasteiger partial charge is 0.185 e. The third kappa shape index (κ3) is 3.08. The van der Waals surface area contributed by atoms with E-state index in [1.807, 2.05) is 0 Å². The quantitative estimate of drug-likeness (QED) is 0.518. The average molecular weight is 304 g/mol. The van der Waals surface area contributed by atoms with Crippen molar-refractivity contribution in [2.24, 2.45) is 0 Å². The summed E-state index contributed by atoms with van der Waals surface area (Å²) in [5.74, 6) is -5.60. The monoisotopic (exact) mass is 304 g/mol. The molecule has 0 radical (unpaired) electrons. The van der Waals surface area contributed by atoms with Crippen molar-refractivity contribution in [2.45, 2.75) is 6.54 Å². The van der Waals surface area contributed by atoms with E-state index in [0.717, 1.165) is 0 Å². The van der Waals surface area contributed by atoms with Crippen LogP contribution in [0.1, 0.15) is 5.76 Å². The van der Waals surface area contributed by atoms with E-state index in [2.05, 4.69) is 10.6 Å². The molecule has 0 bridgehead atoms. The highest BCUT2D eigenvalue weighted by atomic mass is 32.1. The van der Waals surface area contributed by atoms with Gasteiger partial charge in [-0.05, 0) is 24.4 Å². The first-order valence-corrected chi connectivity index (χ1v) is 5.80. The van der Waals surface area contributed by atoms with E-state index in [-0.39, 0.29) is 17.7 Å². The van der Waals surface area contributed by atoms with Gasteiger partial charge in [0.1, 0.15) is 11.4 Å². The summed E-state index contributed by atoms with van der Waals surface area (Å²) in [5, 5.41) is 4.44. The Kier molecular flexibility index (Phi) is 4.23. The lowest BCUT2D eigenvalue weighted by Crippen LogP contribution is -2.29. The zero-order valence-corrected chi connectivity index (χ0v) is 10.7. The summed E-state index contributed by atoms with van der Waals surface area (Å²) in [6, 6.07) is 3.42. The van der Waals surface area contributed by atoms with Crippen molar-refractivity contribution >= 4 is 23.0 Å². The van der Waals surface area contributed by atoms with E-state index < -0.39 is 29.0 Å². The molecular formula is C12H8F4N2OS. The predicted molar refractivity (Wildman–Crippen MR) is 68.0 cm³/mol. The third-order valence-corrected chi connectivity index (χ3v) is 2.60. The Morgan fingerprint density at radius 3 is 2.35 bits per heavy atom. The second-order valence-electron chi connectivity index (χ2n) is 3.73. The maximum absolute atomic E-state index is 13.4. The molecule has 2 rings (SSSR count). The van der Waals surface area contributed by atoms with Crippen LogP contribution in [0.4, 0.5) is 23.2 Å². The van der Waals surface area contributed by atoms with Gasteiger partial charge in [-0.2, -0.15) is 0 Å². The molecule has 0 aliphatic heterocycles. The SMILES string of the molecule is Fc1cc(F)c(F)c(NC(=S)NCc2ccco2)c1F. The van der Waals surface area contributed by atoms with Crippen LogP contribution in [0.2, 0.25) is 0 Å². The Morgan fingerprint density at radius 2 is 1.80 bits per heavy atom. The van der Waals surface area contributed by atoms with E-state index in [1.54, 1.807) is 12.1 Å². The Bertz CT molecular complexity index is 605. The first kappa shape index (κ1) is 14.3. The van der Waals surface area contributed by atoms with Crippen LogP contribution in [0.3, 0.4) is 0 Å². The van der Waals surface area contributed by atoms with Crippen LogP contribution in [-0.4, -0.2) is 5.11 Å². The van der Waals surface area contributed by atoms with Gasteiger partial charge in [0.2, 0.25) is 0 Å². The molecule has 2 N–H and O–H groups in total. The standard InChI is InChI=1S/C12H8F4N2OS/c13-7-4-8(14)10(16)11(9(7)15)18-12(20)17-5-6-2-1-3-19-6/h1-4H,5H2,(H2,17,18,20). The van der Waals surface area contributed by atoms with Gasteiger partial charge in [0.15, 0.2) is 28.4 Å². The largest absolute Gasteiger partial charge is 0.467 e. The molecule has 0 unspecified atom stereocenters. The number of benzene rings is 1. The van der Waals surface area contributed by atoms with Crippen molar-refractivity contribution in [3.63, 3.8) is 0 Å². The molecule has 0 saturated heterocycles. The van der Waals surface area contributed by atoms with Gasteiger partial charge in [0.05, 0.1) is 12.8 Å². The Balaban J connectivity index is 2.08. The highest BCUT2D eigenvalue weighted by molar-refractivity contribution is 7.80. The van der Waals surface area contributed by atoms with Crippen LogP contribution in [0, 0.1) is 23.3 Å². The van der Waals surface area contributed by atoms with Crippen LogP contribution in [0.25, 0.3) is 0 Å². The second kappa shape index (κ2) is 5.91. The van der Waals surface area contributed by atoms with E-state index in [4.69, 9.17) is 16.6 Å². The second-order valence-corrected chi connectivity index (χ2v) is 4.14. The van der Waals surface area contributed by atoms with Gasteiger partial charge in [-0.15, -0.1) is 0 Å². The van der Waals surface area contributed by atoms with Gasteiger partial charge in [-0.3, -0.25) is 0 Å². The summed E-state index contributed by atoms with van der Waals surface area (Å²) in [6.07, 6.45) is 1.44. The zero-order chi connectivity index (χ0) is 14.7. The normalized spacial score (nSPS) is 10.4. The molecule has 0 fully saturated rings. The lowest BCUT2D eigenvalue weighted by molar-refractivity contribution is 0.459. The van der Waals surface area contributed by atoms with Crippen LogP contribution in [-0.2, 0) is 6.54 Å². The molecule has 8 heteroatoms. The average Bonchev–Trinajstić information content (AvgIpc) is 2.92. The fourth-order valence-corrected chi connectivity index (χ4v) is 1.60. The zero-order valence-electron chi connectivity index (χ0n) is 9.84. The molecule has 1 aromatic heterocycles. The number of thiocarbonyl (C=S) groups is 1. The molecule has 0 atom stereocenters. The molecular weight excluding hydrogens is 296 g/mol. The maximum atomic E-state index is 13.4. The van der Waals surface area contributed by atoms with Crippen molar-refractivity contribution in [1.82, 2.24) is 5.32 Å².